The lowest BCUT2D eigenvalue weighted by atomic mass is 9.96. The third-order valence-corrected chi connectivity index (χ3v) is 3.68. The molecule has 4 heteroatoms. The number of hydrogen-bond donors (Lipinski definition) is 2. The first kappa shape index (κ1) is 14.5. The van der Waals surface area contributed by atoms with Crippen LogP contribution in [0.1, 0.15) is 46.0 Å². The fourth-order valence-electron chi connectivity index (χ4n) is 2.61. The van der Waals surface area contributed by atoms with Crippen LogP contribution in [0.5, 0.6) is 0 Å². The number of likely N-dealkylation sites (tertiary alicyclic amines) is 1. The monoisotopic (exact) mass is 242 g/mol. The first-order valence-electron chi connectivity index (χ1n) is 6.70. The largest absolute Gasteiger partial charge is 0.480 e. The second-order valence-corrected chi connectivity index (χ2v) is 5.58. The van der Waals surface area contributed by atoms with Crippen molar-refractivity contribution in [3.05, 3.63) is 0 Å². The van der Waals surface area contributed by atoms with Crippen LogP contribution >= 0.6 is 0 Å². The third-order valence-electron chi connectivity index (χ3n) is 3.68. The van der Waals surface area contributed by atoms with Gasteiger partial charge in [0.25, 0.3) is 0 Å². The number of carboxylic acid groups (broad SMARTS) is 1. The average molecular weight is 242 g/mol. The summed E-state index contributed by atoms with van der Waals surface area (Å²) in [4.78, 5) is 13.2. The molecule has 3 N–H and O–H groups in total. The smallest absolute Gasteiger partial charge is 0.324 e. The molecule has 4 nitrogen and oxygen atoms in total. The normalized spacial score (nSPS) is 26.2. The highest BCUT2D eigenvalue weighted by atomic mass is 16.4. The van der Waals surface area contributed by atoms with Crippen LogP contribution < -0.4 is 5.73 Å². The van der Waals surface area contributed by atoms with Crippen LogP contribution in [-0.2, 0) is 4.79 Å². The van der Waals surface area contributed by atoms with E-state index in [9.17, 15) is 4.79 Å². The van der Waals surface area contributed by atoms with Crippen LogP contribution in [0.4, 0.5) is 0 Å². The van der Waals surface area contributed by atoms with Crippen LogP contribution in [0.3, 0.4) is 0 Å². The van der Waals surface area contributed by atoms with Crippen LogP contribution in [0.25, 0.3) is 0 Å². The molecule has 0 aromatic heterocycles. The first-order chi connectivity index (χ1) is 7.95. The van der Waals surface area contributed by atoms with Gasteiger partial charge in [-0.3, -0.25) is 4.79 Å². The molecule has 1 fully saturated rings. The predicted octanol–water partition coefficient (Wildman–Crippen LogP) is 1.69. The predicted molar refractivity (Wildman–Crippen MR) is 68.9 cm³/mol. The van der Waals surface area contributed by atoms with Crippen LogP contribution in [-0.4, -0.2) is 41.1 Å². The van der Waals surface area contributed by atoms with Gasteiger partial charge in [0.1, 0.15) is 5.54 Å². The summed E-state index contributed by atoms with van der Waals surface area (Å²) in [5.74, 6) is -0.0919. The molecule has 1 aliphatic rings. The Bertz CT molecular complexity index is 254. The topological polar surface area (TPSA) is 66.6 Å². The van der Waals surface area contributed by atoms with E-state index in [2.05, 4.69) is 11.8 Å². The fourth-order valence-corrected chi connectivity index (χ4v) is 2.61. The number of carbonyl (C=O) groups is 1. The standard InChI is InChI=1S/C13H26N2O2/c1-3-5-11-6-4-8-15(9-7-11)10-13(2,14)12(16)17/h11H,3-10,14H2,1-2H3,(H,16,17). The Morgan fingerprint density at radius 3 is 2.76 bits per heavy atom. The van der Waals surface area contributed by atoms with Gasteiger partial charge < -0.3 is 15.7 Å². The maximum absolute atomic E-state index is 11.0. The third kappa shape index (κ3) is 4.64. The SMILES string of the molecule is CCCC1CCCN(CC(C)(N)C(=O)O)CC1. The molecule has 2 atom stereocenters. The lowest BCUT2D eigenvalue weighted by Gasteiger charge is -2.28. The number of aliphatic carboxylic acids is 1. The number of hydrogen-bond acceptors (Lipinski definition) is 3. The molecular weight excluding hydrogens is 216 g/mol. The van der Waals surface area contributed by atoms with E-state index < -0.39 is 11.5 Å². The van der Waals surface area contributed by atoms with Gasteiger partial charge in [0.05, 0.1) is 0 Å². The Morgan fingerprint density at radius 1 is 1.47 bits per heavy atom. The Morgan fingerprint density at radius 2 is 2.18 bits per heavy atom. The van der Waals surface area contributed by atoms with Crippen molar-refractivity contribution in [2.75, 3.05) is 19.6 Å². The highest BCUT2D eigenvalue weighted by Crippen LogP contribution is 2.22. The lowest BCUT2D eigenvalue weighted by molar-refractivity contribution is -0.143. The van der Waals surface area contributed by atoms with Gasteiger partial charge in [-0.1, -0.05) is 19.8 Å². The van der Waals surface area contributed by atoms with Crippen molar-refractivity contribution in [3.63, 3.8) is 0 Å². The van der Waals surface area contributed by atoms with E-state index in [0.717, 1.165) is 19.0 Å². The van der Waals surface area contributed by atoms with E-state index in [4.69, 9.17) is 10.8 Å². The zero-order chi connectivity index (χ0) is 12.9. The molecule has 1 aliphatic heterocycles. The number of nitrogens with two attached hydrogens (primary N) is 1. The van der Waals surface area contributed by atoms with Crippen molar-refractivity contribution in [3.8, 4) is 0 Å². The van der Waals surface area contributed by atoms with Crippen LogP contribution in [0.15, 0.2) is 0 Å². The summed E-state index contributed by atoms with van der Waals surface area (Å²) in [5, 5.41) is 9.03. The van der Waals surface area contributed by atoms with E-state index in [1.165, 1.54) is 32.1 Å². The van der Waals surface area contributed by atoms with Gasteiger partial charge in [0.2, 0.25) is 0 Å². The zero-order valence-corrected chi connectivity index (χ0v) is 11.1. The second-order valence-electron chi connectivity index (χ2n) is 5.58. The number of nitrogens with zero attached hydrogens (tertiary/aromatic N) is 1. The molecule has 0 amide bonds. The van der Waals surface area contributed by atoms with E-state index >= 15 is 0 Å². The van der Waals surface area contributed by atoms with Gasteiger partial charge in [-0.05, 0) is 45.2 Å². The van der Waals surface area contributed by atoms with Gasteiger partial charge in [0, 0.05) is 6.54 Å². The Kier molecular flexibility index (Phi) is 5.40. The molecule has 1 rings (SSSR count). The fraction of sp³-hybridized carbons (Fsp3) is 0.923. The average Bonchev–Trinajstić information content (AvgIpc) is 2.44. The summed E-state index contributed by atoms with van der Waals surface area (Å²) in [7, 11) is 0. The Balaban J connectivity index is 2.44. The molecule has 0 saturated carbocycles. The van der Waals surface area contributed by atoms with Crippen molar-refractivity contribution in [2.45, 2.75) is 51.5 Å². The van der Waals surface area contributed by atoms with Gasteiger partial charge in [-0.2, -0.15) is 0 Å². The van der Waals surface area contributed by atoms with E-state index in [-0.39, 0.29) is 0 Å². The number of carboxylic acids is 1. The molecule has 0 aromatic rings. The minimum Gasteiger partial charge on any atom is -0.480 e. The summed E-state index contributed by atoms with van der Waals surface area (Å²) < 4.78 is 0. The summed E-state index contributed by atoms with van der Waals surface area (Å²) in [6.07, 6.45) is 6.17. The molecule has 17 heavy (non-hydrogen) atoms. The van der Waals surface area contributed by atoms with Crippen molar-refractivity contribution < 1.29 is 9.90 Å². The molecule has 0 radical (unpaired) electrons. The second kappa shape index (κ2) is 6.36. The van der Waals surface area contributed by atoms with Gasteiger partial charge in [-0.25, -0.2) is 0 Å². The molecule has 0 spiro atoms. The van der Waals surface area contributed by atoms with E-state index in [1.54, 1.807) is 6.92 Å². The molecule has 2 unspecified atom stereocenters. The molecule has 0 aromatic carbocycles. The highest BCUT2D eigenvalue weighted by molar-refractivity contribution is 5.78. The van der Waals surface area contributed by atoms with Crippen molar-refractivity contribution in [1.29, 1.82) is 0 Å². The van der Waals surface area contributed by atoms with Gasteiger partial charge in [0.15, 0.2) is 0 Å². The maximum atomic E-state index is 11.0. The van der Waals surface area contributed by atoms with Crippen molar-refractivity contribution >= 4 is 5.97 Å². The summed E-state index contributed by atoms with van der Waals surface area (Å²) in [6, 6.07) is 0. The Labute approximate surface area is 104 Å². The van der Waals surface area contributed by atoms with Crippen LogP contribution in [0.2, 0.25) is 0 Å². The molecule has 1 heterocycles. The number of rotatable bonds is 5. The summed E-state index contributed by atoms with van der Waals surface area (Å²) in [5.41, 5.74) is 4.67. The van der Waals surface area contributed by atoms with Crippen LogP contribution in [0, 0.1) is 5.92 Å². The molecule has 1 saturated heterocycles. The van der Waals surface area contributed by atoms with E-state index in [0.29, 0.717) is 6.54 Å². The molecule has 100 valence electrons. The van der Waals surface area contributed by atoms with Crippen molar-refractivity contribution in [1.82, 2.24) is 4.90 Å². The Hall–Kier alpha value is -0.610. The zero-order valence-electron chi connectivity index (χ0n) is 11.1. The summed E-state index contributed by atoms with van der Waals surface area (Å²) in [6.45, 7) is 6.26. The van der Waals surface area contributed by atoms with Crippen molar-refractivity contribution in [2.24, 2.45) is 11.7 Å². The summed E-state index contributed by atoms with van der Waals surface area (Å²) >= 11 is 0. The quantitative estimate of drug-likeness (QED) is 0.770. The van der Waals surface area contributed by atoms with E-state index in [1.807, 2.05) is 0 Å². The minimum absolute atomic E-state index is 0.460. The van der Waals surface area contributed by atoms with Gasteiger partial charge >= 0.3 is 5.97 Å². The molecule has 0 aliphatic carbocycles. The van der Waals surface area contributed by atoms with Gasteiger partial charge in [-0.15, -0.1) is 0 Å². The highest BCUT2D eigenvalue weighted by Gasteiger charge is 2.31. The minimum atomic E-state index is -1.12. The molecular formula is C13H26N2O2. The first-order valence-corrected chi connectivity index (χ1v) is 6.70. The molecule has 0 bridgehead atoms. The lowest BCUT2D eigenvalue weighted by Crippen LogP contribution is -2.54. The maximum Gasteiger partial charge on any atom is 0.324 e.